The maximum atomic E-state index is 15.7. The molecule has 1 spiro atoms. The standard InChI is InChI=1S/C31H42FNO4/c1-9-36-26-16-24-23(27(32)28(26)37-10-2)17-33(31(24)11-12-31)18-25(34)20-13-21(29(3,4)5)15-22(14-20)30(6,7)19-35-8/h13-16H,9-12,17-19H2,1-8H3. The molecular weight excluding hydrogens is 469 g/mol. The number of hydrogen-bond donors (Lipinski definition) is 0. The molecule has 1 heterocycles. The van der Waals surface area contributed by atoms with Gasteiger partial charge in [0, 0.05) is 35.7 Å². The Morgan fingerprint density at radius 1 is 1.00 bits per heavy atom. The SMILES string of the molecule is CCOc1cc2c(c(F)c1OCC)CN(CC(=O)c1cc(C(C)(C)C)cc(C(C)(C)COC)c1)C21CC1. The van der Waals surface area contributed by atoms with Gasteiger partial charge in [0.1, 0.15) is 0 Å². The summed E-state index contributed by atoms with van der Waals surface area (Å²) in [6.07, 6.45) is 1.81. The molecule has 2 aliphatic rings. The van der Waals surface area contributed by atoms with E-state index in [1.807, 2.05) is 32.0 Å². The Morgan fingerprint density at radius 2 is 1.65 bits per heavy atom. The van der Waals surface area contributed by atoms with E-state index >= 15 is 4.39 Å². The number of hydrogen-bond acceptors (Lipinski definition) is 5. The molecule has 0 saturated heterocycles. The fourth-order valence-corrected chi connectivity index (χ4v) is 5.50. The molecule has 6 heteroatoms. The number of fused-ring (bicyclic) bond motifs is 2. The van der Waals surface area contributed by atoms with E-state index in [9.17, 15) is 4.79 Å². The number of benzene rings is 2. The van der Waals surface area contributed by atoms with Crippen LogP contribution in [0, 0.1) is 5.82 Å². The third-order valence-electron chi connectivity index (χ3n) is 7.80. The van der Waals surface area contributed by atoms with Crippen LogP contribution in [0.2, 0.25) is 0 Å². The Hall–Kier alpha value is -2.44. The van der Waals surface area contributed by atoms with E-state index in [2.05, 4.69) is 45.6 Å². The molecule has 37 heavy (non-hydrogen) atoms. The monoisotopic (exact) mass is 511 g/mol. The van der Waals surface area contributed by atoms with E-state index in [1.165, 1.54) is 0 Å². The number of rotatable bonds is 10. The number of Topliss-reactive ketones (excluding diaryl/α,β-unsaturated/α-hetero) is 1. The fraction of sp³-hybridized carbons (Fsp3) is 0.581. The van der Waals surface area contributed by atoms with E-state index in [1.54, 1.807) is 7.11 Å². The van der Waals surface area contributed by atoms with Crippen LogP contribution in [-0.4, -0.2) is 44.2 Å². The number of halogens is 1. The van der Waals surface area contributed by atoms with Crippen LogP contribution in [0.3, 0.4) is 0 Å². The normalized spacial score (nSPS) is 16.7. The first-order chi connectivity index (χ1) is 17.4. The van der Waals surface area contributed by atoms with Crippen molar-refractivity contribution in [3.05, 3.63) is 57.9 Å². The summed E-state index contributed by atoms with van der Waals surface area (Å²) in [7, 11) is 1.70. The Morgan fingerprint density at radius 3 is 2.22 bits per heavy atom. The van der Waals surface area contributed by atoms with Crippen LogP contribution < -0.4 is 9.47 Å². The van der Waals surface area contributed by atoms with E-state index in [4.69, 9.17) is 14.2 Å². The lowest BCUT2D eigenvalue weighted by Gasteiger charge is -2.29. The number of ketones is 1. The van der Waals surface area contributed by atoms with Gasteiger partial charge in [-0.2, -0.15) is 0 Å². The average Bonchev–Trinajstić information content (AvgIpc) is 3.57. The number of carbonyl (C=O) groups excluding carboxylic acids is 1. The molecule has 0 unspecified atom stereocenters. The molecule has 0 aromatic heterocycles. The molecule has 1 aliphatic carbocycles. The van der Waals surface area contributed by atoms with Gasteiger partial charge >= 0.3 is 0 Å². The molecular formula is C31H42FNO4. The maximum absolute atomic E-state index is 15.7. The second kappa shape index (κ2) is 10.0. The second-order valence-corrected chi connectivity index (χ2v) is 12.1. The number of methoxy groups -OCH3 is 1. The zero-order valence-electron chi connectivity index (χ0n) is 23.7. The van der Waals surface area contributed by atoms with Crippen molar-refractivity contribution in [2.75, 3.05) is 33.5 Å². The summed E-state index contributed by atoms with van der Waals surface area (Å²) >= 11 is 0. The molecule has 1 saturated carbocycles. The zero-order chi connectivity index (χ0) is 27.2. The largest absolute Gasteiger partial charge is 0.490 e. The van der Waals surface area contributed by atoms with Crippen molar-refractivity contribution >= 4 is 5.78 Å². The third-order valence-corrected chi connectivity index (χ3v) is 7.80. The lowest BCUT2D eigenvalue weighted by Crippen LogP contribution is -2.34. The van der Waals surface area contributed by atoms with Crippen molar-refractivity contribution in [2.45, 2.75) is 84.2 Å². The molecule has 0 radical (unpaired) electrons. The van der Waals surface area contributed by atoms with Crippen molar-refractivity contribution in [3.8, 4) is 11.5 Å². The zero-order valence-corrected chi connectivity index (χ0v) is 23.7. The van der Waals surface area contributed by atoms with E-state index in [0.29, 0.717) is 43.2 Å². The van der Waals surface area contributed by atoms with Gasteiger partial charge < -0.3 is 14.2 Å². The quantitative estimate of drug-likeness (QED) is 0.339. The molecule has 202 valence electrons. The second-order valence-electron chi connectivity index (χ2n) is 12.1. The average molecular weight is 512 g/mol. The predicted molar refractivity (Wildman–Crippen MR) is 144 cm³/mol. The highest BCUT2D eigenvalue weighted by Crippen LogP contribution is 2.59. The van der Waals surface area contributed by atoms with Gasteiger partial charge in [0.15, 0.2) is 23.1 Å². The molecule has 2 aromatic rings. The predicted octanol–water partition coefficient (Wildman–Crippen LogP) is 6.53. The summed E-state index contributed by atoms with van der Waals surface area (Å²) in [6, 6.07) is 8.18. The number of nitrogens with zero attached hydrogens (tertiary/aromatic N) is 1. The van der Waals surface area contributed by atoms with Gasteiger partial charge in [-0.15, -0.1) is 0 Å². The third kappa shape index (κ3) is 5.15. The Balaban J connectivity index is 1.68. The molecule has 0 amide bonds. The first-order valence-electron chi connectivity index (χ1n) is 13.4. The van der Waals surface area contributed by atoms with Crippen molar-refractivity contribution in [1.29, 1.82) is 0 Å². The van der Waals surface area contributed by atoms with Crippen LogP contribution in [0.25, 0.3) is 0 Å². The number of carbonyl (C=O) groups is 1. The highest BCUT2D eigenvalue weighted by Gasteiger charge is 2.56. The first-order valence-corrected chi connectivity index (χ1v) is 13.4. The van der Waals surface area contributed by atoms with Gasteiger partial charge in [0.05, 0.1) is 26.4 Å². The van der Waals surface area contributed by atoms with Gasteiger partial charge in [-0.05, 0) is 67.0 Å². The van der Waals surface area contributed by atoms with Gasteiger partial charge in [0.2, 0.25) is 0 Å². The van der Waals surface area contributed by atoms with Crippen molar-refractivity contribution in [1.82, 2.24) is 4.90 Å². The van der Waals surface area contributed by atoms with E-state index in [-0.39, 0.29) is 40.3 Å². The van der Waals surface area contributed by atoms with Crippen molar-refractivity contribution in [3.63, 3.8) is 0 Å². The lowest BCUT2D eigenvalue weighted by molar-refractivity contribution is 0.0882. The highest BCUT2D eigenvalue weighted by molar-refractivity contribution is 5.98. The Bertz CT molecular complexity index is 1180. The molecule has 5 nitrogen and oxygen atoms in total. The lowest BCUT2D eigenvalue weighted by atomic mass is 9.78. The van der Waals surface area contributed by atoms with Crippen LogP contribution >= 0.6 is 0 Å². The highest BCUT2D eigenvalue weighted by atomic mass is 19.1. The summed E-state index contributed by atoms with van der Waals surface area (Å²) in [6.45, 7) is 16.4. The van der Waals surface area contributed by atoms with Crippen LogP contribution in [0.15, 0.2) is 24.3 Å². The molecule has 0 bridgehead atoms. The minimum absolute atomic E-state index is 0.0510. The number of ether oxygens (including phenoxy) is 3. The summed E-state index contributed by atoms with van der Waals surface area (Å²) < 4.78 is 32.5. The molecule has 2 aromatic carbocycles. The Labute approximate surface area is 221 Å². The summed E-state index contributed by atoms with van der Waals surface area (Å²) in [5, 5.41) is 0. The molecule has 1 aliphatic heterocycles. The minimum Gasteiger partial charge on any atom is -0.490 e. The van der Waals surface area contributed by atoms with Gasteiger partial charge in [-0.25, -0.2) is 4.39 Å². The molecule has 4 rings (SSSR count). The van der Waals surface area contributed by atoms with E-state index < -0.39 is 0 Å². The topological polar surface area (TPSA) is 48.0 Å². The van der Waals surface area contributed by atoms with Crippen LogP contribution in [-0.2, 0) is 27.7 Å². The molecule has 1 fully saturated rings. The smallest absolute Gasteiger partial charge is 0.197 e. The maximum Gasteiger partial charge on any atom is 0.197 e. The molecule has 0 N–H and O–H groups in total. The molecule has 0 atom stereocenters. The minimum atomic E-state index is -0.359. The van der Waals surface area contributed by atoms with Gasteiger partial charge in [-0.1, -0.05) is 40.7 Å². The van der Waals surface area contributed by atoms with Crippen molar-refractivity contribution in [2.24, 2.45) is 0 Å². The van der Waals surface area contributed by atoms with Gasteiger partial charge in [-0.3, -0.25) is 9.69 Å². The van der Waals surface area contributed by atoms with Crippen molar-refractivity contribution < 1.29 is 23.4 Å². The van der Waals surface area contributed by atoms with Crippen LogP contribution in [0.5, 0.6) is 11.5 Å². The summed E-state index contributed by atoms with van der Waals surface area (Å²) in [5.41, 5.74) is 3.83. The Kier molecular flexibility index (Phi) is 7.48. The van der Waals surface area contributed by atoms with Crippen LogP contribution in [0.1, 0.15) is 93.9 Å². The first kappa shape index (κ1) is 27.6. The van der Waals surface area contributed by atoms with Crippen LogP contribution in [0.4, 0.5) is 4.39 Å². The summed E-state index contributed by atoms with van der Waals surface area (Å²) in [4.78, 5) is 15.9. The summed E-state index contributed by atoms with van der Waals surface area (Å²) in [5.74, 6) is 0.315. The van der Waals surface area contributed by atoms with E-state index in [0.717, 1.165) is 29.5 Å². The fourth-order valence-electron chi connectivity index (χ4n) is 5.50. The van der Waals surface area contributed by atoms with Gasteiger partial charge in [0.25, 0.3) is 0 Å².